The fourth-order valence-electron chi connectivity index (χ4n) is 1.82. The fourth-order valence-corrected chi connectivity index (χ4v) is 3.53. The van der Waals surface area contributed by atoms with Gasteiger partial charge in [-0.3, -0.25) is 4.57 Å². The molecule has 0 fully saturated rings. The lowest BCUT2D eigenvalue weighted by Crippen LogP contribution is -2.27. The number of aromatic nitrogens is 1. The molecular weight excluding hydrogens is 466 g/mol. The van der Waals surface area contributed by atoms with Gasteiger partial charge in [0.15, 0.2) is 0 Å². The molecule has 1 aromatic carbocycles. The highest BCUT2D eigenvalue weighted by molar-refractivity contribution is 9.11. The van der Waals surface area contributed by atoms with Crippen LogP contribution >= 0.6 is 47.8 Å². The number of carbonyl (C=O) groups is 1. The smallest absolute Gasteiger partial charge is 0.419 e. The van der Waals surface area contributed by atoms with E-state index in [1.807, 2.05) is 45.0 Å². The van der Waals surface area contributed by atoms with Gasteiger partial charge in [-0.25, -0.2) is 4.79 Å². The lowest BCUT2D eigenvalue weighted by Gasteiger charge is -2.20. The fraction of sp³-hybridized carbons (Fsp3) is 0.267. The first-order chi connectivity index (χ1) is 9.65. The molecule has 6 heteroatoms. The third-order valence-corrected chi connectivity index (χ3v) is 3.88. The van der Waals surface area contributed by atoms with Gasteiger partial charge in [0.1, 0.15) is 5.60 Å². The Bertz CT molecular complexity index is 666. The van der Waals surface area contributed by atoms with Crippen LogP contribution in [0.1, 0.15) is 20.8 Å². The number of hydrogen-bond donors (Lipinski definition) is 0. The van der Waals surface area contributed by atoms with Gasteiger partial charge >= 0.3 is 6.09 Å². The van der Waals surface area contributed by atoms with Gasteiger partial charge < -0.3 is 4.74 Å². The molecule has 0 unspecified atom stereocenters. The number of rotatable bonds is 1. The molecule has 1 heterocycles. The van der Waals surface area contributed by atoms with Crippen LogP contribution in [0.3, 0.4) is 0 Å². The summed E-state index contributed by atoms with van der Waals surface area (Å²) in [6, 6.07) is 7.73. The van der Waals surface area contributed by atoms with Gasteiger partial charge in [0.2, 0.25) is 0 Å². The summed E-state index contributed by atoms with van der Waals surface area (Å²) in [6.45, 7) is 5.54. The molecule has 2 aromatic rings. The van der Waals surface area contributed by atoms with Crippen LogP contribution in [0.25, 0.3) is 11.3 Å². The minimum atomic E-state index is -0.539. The molecule has 3 nitrogen and oxygen atoms in total. The molecule has 2 rings (SSSR count). The maximum Gasteiger partial charge on any atom is 0.419 e. The van der Waals surface area contributed by atoms with Crippen LogP contribution in [0, 0.1) is 0 Å². The number of nitrogens with zero attached hydrogens (tertiary/aromatic N) is 1. The van der Waals surface area contributed by atoms with E-state index >= 15 is 0 Å². The maximum atomic E-state index is 12.3. The van der Waals surface area contributed by atoms with E-state index in [2.05, 4.69) is 47.8 Å². The van der Waals surface area contributed by atoms with Crippen LogP contribution in [0.5, 0.6) is 0 Å². The molecule has 112 valence electrons. The highest BCUT2D eigenvalue weighted by atomic mass is 79.9. The predicted molar refractivity (Wildman–Crippen MR) is 94.6 cm³/mol. The van der Waals surface area contributed by atoms with Gasteiger partial charge in [0.25, 0.3) is 0 Å². The summed E-state index contributed by atoms with van der Waals surface area (Å²) in [4.78, 5) is 12.3. The van der Waals surface area contributed by atoms with Crippen molar-refractivity contribution in [2.45, 2.75) is 26.4 Å². The van der Waals surface area contributed by atoms with E-state index in [1.54, 1.807) is 6.20 Å². The average molecular weight is 480 g/mol. The first-order valence-electron chi connectivity index (χ1n) is 6.23. The minimum absolute atomic E-state index is 0.403. The number of carbonyl (C=O) groups excluding carboxylic acids is 1. The molecule has 0 atom stereocenters. The summed E-state index contributed by atoms with van der Waals surface area (Å²) < 4.78 is 9.62. The van der Waals surface area contributed by atoms with Gasteiger partial charge in [-0.15, -0.1) is 0 Å². The van der Waals surface area contributed by atoms with E-state index in [-0.39, 0.29) is 0 Å². The number of ether oxygens (including phenoxy) is 1. The number of benzene rings is 1. The second-order valence-electron chi connectivity index (χ2n) is 5.55. The van der Waals surface area contributed by atoms with Crippen molar-refractivity contribution in [3.05, 3.63) is 43.9 Å². The SMILES string of the molecule is CC(C)(C)OC(=O)n1cc(Br)cc1-c1cc(Br)cc(Br)c1. The largest absolute Gasteiger partial charge is 0.443 e. The molecule has 0 aliphatic carbocycles. The Morgan fingerprint density at radius 3 is 2.10 bits per heavy atom. The third-order valence-electron chi connectivity index (χ3n) is 2.54. The molecular formula is C15H14Br3NO2. The summed E-state index contributed by atoms with van der Waals surface area (Å²) in [5.74, 6) is 0. The molecule has 0 saturated carbocycles. The Morgan fingerprint density at radius 1 is 1.00 bits per heavy atom. The molecule has 0 amide bonds. The zero-order valence-electron chi connectivity index (χ0n) is 11.8. The summed E-state index contributed by atoms with van der Waals surface area (Å²) in [5, 5.41) is 0. The number of hydrogen-bond acceptors (Lipinski definition) is 2. The lowest BCUT2D eigenvalue weighted by molar-refractivity contribution is 0.0540. The van der Waals surface area contributed by atoms with Crippen LogP contribution in [0.15, 0.2) is 43.9 Å². The van der Waals surface area contributed by atoms with E-state index in [1.165, 1.54) is 4.57 Å². The third kappa shape index (κ3) is 4.44. The van der Waals surface area contributed by atoms with Crippen molar-refractivity contribution in [3.63, 3.8) is 0 Å². The molecule has 0 aliphatic heterocycles. The summed E-state index contributed by atoms with van der Waals surface area (Å²) in [6.07, 6.45) is 1.30. The van der Waals surface area contributed by atoms with Gasteiger partial charge in [-0.05, 0) is 61.0 Å². The van der Waals surface area contributed by atoms with Gasteiger partial charge in [0.05, 0.1) is 5.69 Å². The van der Waals surface area contributed by atoms with Crippen LogP contribution in [0.4, 0.5) is 4.79 Å². The second-order valence-corrected chi connectivity index (χ2v) is 8.30. The van der Waals surface area contributed by atoms with Gasteiger partial charge in [-0.1, -0.05) is 31.9 Å². The quantitative estimate of drug-likeness (QED) is 0.485. The van der Waals surface area contributed by atoms with Crippen molar-refractivity contribution in [1.82, 2.24) is 4.57 Å². The highest BCUT2D eigenvalue weighted by Gasteiger charge is 2.21. The van der Waals surface area contributed by atoms with Gasteiger partial charge in [0, 0.05) is 25.2 Å². The van der Waals surface area contributed by atoms with Gasteiger partial charge in [-0.2, -0.15) is 0 Å². The minimum Gasteiger partial charge on any atom is -0.443 e. The number of halogens is 3. The Kier molecular flexibility index (Phi) is 5.00. The van der Waals surface area contributed by atoms with E-state index in [4.69, 9.17) is 4.74 Å². The average Bonchev–Trinajstić information content (AvgIpc) is 2.68. The van der Waals surface area contributed by atoms with E-state index in [9.17, 15) is 4.79 Å². The first kappa shape index (κ1) is 16.8. The van der Waals surface area contributed by atoms with Crippen LogP contribution in [0.2, 0.25) is 0 Å². The van der Waals surface area contributed by atoms with Crippen LogP contribution in [-0.2, 0) is 4.74 Å². The van der Waals surface area contributed by atoms with Crippen LogP contribution in [-0.4, -0.2) is 16.3 Å². The molecule has 0 radical (unpaired) electrons. The molecule has 0 saturated heterocycles. The van der Waals surface area contributed by atoms with Crippen LogP contribution < -0.4 is 0 Å². The van der Waals surface area contributed by atoms with Crippen molar-refractivity contribution in [2.24, 2.45) is 0 Å². The van der Waals surface area contributed by atoms with E-state index < -0.39 is 11.7 Å². The molecule has 0 bridgehead atoms. The highest BCUT2D eigenvalue weighted by Crippen LogP contribution is 2.31. The predicted octanol–water partition coefficient (Wildman–Crippen LogP) is 6.23. The summed E-state index contributed by atoms with van der Waals surface area (Å²) >= 11 is 10.3. The zero-order chi connectivity index (χ0) is 15.8. The zero-order valence-corrected chi connectivity index (χ0v) is 16.5. The normalized spacial score (nSPS) is 11.5. The van der Waals surface area contributed by atoms with Crippen molar-refractivity contribution in [2.75, 3.05) is 0 Å². The summed E-state index contributed by atoms with van der Waals surface area (Å²) in [5.41, 5.74) is 1.13. The topological polar surface area (TPSA) is 31.2 Å². The Labute approximate surface area is 149 Å². The second kappa shape index (κ2) is 6.26. The van der Waals surface area contributed by atoms with Crippen molar-refractivity contribution in [3.8, 4) is 11.3 Å². The Morgan fingerprint density at radius 2 is 1.57 bits per heavy atom. The first-order valence-corrected chi connectivity index (χ1v) is 8.61. The molecule has 21 heavy (non-hydrogen) atoms. The Balaban J connectivity index is 2.48. The lowest BCUT2D eigenvalue weighted by atomic mass is 10.1. The van der Waals surface area contributed by atoms with Crippen molar-refractivity contribution >= 4 is 53.9 Å². The van der Waals surface area contributed by atoms with E-state index in [0.29, 0.717) is 0 Å². The summed E-state index contributed by atoms with van der Waals surface area (Å²) in [7, 11) is 0. The molecule has 0 aliphatic rings. The molecule has 1 aromatic heterocycles. The maximum absolute atomic E-state index is 12.3. The standard InChI is InChI=1S/C15H14Br3NO2/c1-15(2,3)21-14(20)19-8-12(18)7-13(19)9-4-10(16)6-11(17)5-9/h4-8H,1-3H3. The van der Waals surface area contributed by atoms with Crippen molar-refractivity contribution < 1.29 is 9.53 Å². The van der Waals surface area contributed by atoms with Crippen molar-refractivity contribution in [1.29, 1.82) is 0 Å². The Hall–Kier alpha value is -0.590. The monoisotopic (exact) mass is 477 g/mol. The molecule has 0 N–H and O–H groups in total. The van der Waals surface area contributed by atoms with E-state index in [0.717, 1.165) is 24.7 Å². The molecule has 0 spiro atoms.